The smallest absolute Gasteiger partial charge is 0.136 e. The SMILES string of the molecule is Cc1cc(C(C)Nc2ncccc2C(N)=S)c(C)s1. The number of aryl methyl sites for hydroxylation is 2. The molecule has 1 atom stereocenters. The first-order valence-corrected chi connectivity index (χ1v) is 7.29. The summed E-state index contributed by atoms with van der Waals surface area (Å²) < 4.78 is 0. The molecule has 0 saturated carbocycles. The fourth-order valence-electron chi connectivity index (χ4n) is 2.08. The van der Waals surface area contributed by atoms with Crippen molar-refractivity contribution in [3.05, 3.63) is 45.3 Å². The summed E-state index contributed by atoms with van der Waals surface area (Å²) in [5.41, 5.74) is 7.80. The Hall–Kier alpha value is -1.46. The summed E-state index contributed by atoms with van der Waals surface area (Å²) >= 11 is 6.86. The molecule has 0 aliphatic heterocycles. The van der Waals surface area contributed by atoms with Crippen LogP contribution in [0.1, 0.15) is 33.8 Å². The number of pyridine rings is 1. The summed E-state index contributed by atoms with van der Waals surface area (Å²) in [6.45, 7) is 6.37. The first-order chi connectivity index (χ1) is 8.99. The van der Waals surface area contributed by atoms with Gasteiger partial charge in [0.25, 0.3) is 0 Å². The topological polar surface area (TPSA) is 50.9 Å². The minimum atomic E-state index is 0.174. The fourth-order valence-corrected chi connectivity index (χ4v) is 3.27. The van der Waals surface area contributed by atoms with E-state index in [2.05, 4.69) is 37.1 Å². The van der Waals surface area contributed by atoms with E-state index < -0.39 is 0 Å². The second kappa shape index (κ2) is 5.67. The molecule has 0 bridgehead atoms. The summed E-state index contributed by atoms with van der Waals surface area (Å²) in [6, 6.07) is 6.11. The number of nitrogens with zero attached hydrogens (tertiary/aromatic N) is 1. The molecule has 19 heavy (non-hydrogen) atoms. The summed E-state index contributed by atoms with van der Waals surface area (Å²) in [7, 11) is 0. The Bertz CT molecular complexity index is 604. The number of aromatic nitrogens is 1. The van der Waals surface area contributed by atoms with Crippen LogP contribution in [0.5, 0.6) is 0 Å². The molecule has 2 heterocycles. The molecule has 0 saturated heterocycles. The predicted molar refractivity (Wildman–Crippen MR) is 86.0 cm³/mol. The number of thiophene rings is 1. The van der Waals surface area contributed by atoms with Crippen molar-refractivity contribution in [3.8, 4) is 0 Å². The van der Waals surface area contributed by atoms with Crippen LogP contribution in [-0.2, 0) is 0 Å². The van der Waals surface area contributed by atoms with E-state index in [0.29, 0.717) is 4.99 Å². The van der Waals surface area contributed by atoms with Crippen LogP contribution >= 0.6 is 23.6 Å². The van der Waals surface area contributed by atoms with Crippen LogP contribution in [0.25, 0.3) is 0 Å². The minimum Gasteiger partial charge on any atom is -0.389 e. The number of nitrogens with one attached hydrogen (secondary N) is 1. The Morgan fingerprint density at radius 3 is 2.79 bits per heavy atom. The number of rotatable bonds is 4. The maximum atomic E-state index is 5.72. The number of nitrogens with two attached hydrogens (primary N) is 1. The third-order valence-electron chi connectivity index (χ3n) is 2.97. The maximum absolute atomic E-state index is 5.72. The zero-order valence-electron chi connectivity index (χ0n) is 11.2. The van der Waals surface area contributed by atoms with Crippen LogP contribution in [-0.4, -0.2) is 9.97 Å². The Labute approximate surface area is 122 Å². The summed E-state index contributed by atoms with van der Waals surface area (Å²) in [6.07, 6.45) is 1.74. The van der Waals surface area contributed by atoms with Gasteiger partial charge in [0.05, 0.1) is 11.6 Å². The Morgan fingerprint density at radius 1 is 1.47 bits per heavy atom. The van der Waals surface area contributed by atoms with Gasteiger partial charge in [0.15, 0.2) is 0 Å². The molecule has 2 rings (SSSR count). The van der Waals surface area contributed by atoms with Crippen molar-refractivity contribution in [1.29, 1.82) is 0 Å². The van der Waals surface area contributed by atoms with Gasteiger partial charge in [-0.3, -0.25) is 0 Å². The highest BCUT2D eigenvalue weighted by Gasteiger charge is 2.14. The Morgan fingerprint density at radius 2 is 2.21 bits per heavy atom. The van der Waals surface area contributed by atoms with Gasteiger partial charge < -0.3 is 11.1 Å². The van der Waals surface area contributed by atoms with E-state index in [1.54, 1.807) is 6.20 Å². The summed E-state index contributed by atoms with van der Waals surface area (Å²) in [4.78, 5) is 7.33. The Kier molecular flexibility index (Phi) is 4.17. The summed E-state index contributed by atoms with van der Waals surface area (Å²) in [5, 5.41) is 3.39. The van der Waals surface area contributed by atoms with Gasteiger partial charge in [0, 0.05) is 16.0 Å². The van der Waals surface area contributed by atoms with Crippen molar-refractivity contribution in [1.82, 2.24) is 4.98 Å². The number of hydrogen-bond acceptors (Lipinski definition) is 4. The largest absolute Gasteiger partial charge is 0.389 e. The maximum Gasteiger partial charge on any atom is 0.136 e. The molecule has 2 aromatic rings. The first kappa shape index (κ1) is 14.0. The minimum absolute atomic E-state index is 0.174. The van der Waals surface area contributed by atoms with Crippen LogP contribution in [0.3, 0.4) is 0 Å². The van der Waals surface area contributed by atoms with Crippen molar-refractivity contribution in [2.24, 2.45) is 5.73 Å². The van der Waals surface area contributed by atoms with Crippen LogP contribution < -0.4 is 11.1 Å². The molecule has 0 aliphatic carbocycles. The van der Waals surface area contributed by atoms with E-state index in [1.807, 2.05) is 23.5 Å². The fraction of sp³-hybridized carbons (Fsp3) is 0.286. The van der Waals surface area contributed by atoms with Gasteiger partial charge in [-0.05, 0) is 44.5 Å². The number of anilines is 1. The number of thiocarbonyl (C=S) groups is 1. The zero-order chi connectivity index (χ0) is 14.0. The molecule has 0 amide bonds. The van der Waals surface area contributed by atoms with E-state index in [-0.39, 0.29) is 6.04 Å². The molecule has 0 radical (unpaired) electrons. The van der Waals surface area contributed by atoms with Gasteiger partial charge in [0.1, 0.15) is 10.8 Å². The lowest BCUT2D eigenvalue weighted by Gasteiger charge is -2.16. The average Bonchev–Trinajstić information content (AvgIpc) is 2.69. The molecule has 3 N–H and O–H groups in total. The second-order valence-electron chi connectivity index (χ2n) is 4.50. The van der Waals surface area contributed by atoms with E-state index in [1.165, 1.54) is 15.3 Å². The molecule has 3 nitrogen and oxygen atoms in total. The Balaban J connectivity index is 2.26. The molecule has 0 fully saturated rings. The van der Waals surface area contributed by atoms with Crippen LogP contribution in [0, 0.1) is 13.8 Å². The van der Waals surface area contributed by atoms with E-state index in [4.69, 9.17) is 18.0 Å². The molecular formula is C14H17N3S2. The van der Waals surface area contributed by atoms with Crippen LogP contribution in [0.2, 0.25) is 0 Å². The molecule has 0 aliphatic rings. The molecule has 5 heteroatoms. The van der Waals surface area contributed by atoms with E-state index in [9.17, 15) is 0 Å². The second-order valence-corrected chi connectivity index (χ2v) is 6.40. The van der Waals surface area contributed by atoms with Gasteiger partial charge in [-0.15, -0.1) is 11.3 Å². The van der Waals surface area contributed by atoms with Crippen LogP contribution in [0.4, 0.5) is 5.82 Å². The lowest BCUT2D eigenvalue weighted by atomic mass is 10.1. The molecule has 0 spiro atoms. The van der Waals surface area contributed by atoms with E-state index in [0.717, 1.165) is 11.4 Å². The highest BCUT2D eigenvalue weighted by Crippen LogP contribution is 2.28. The van der Waals surface area contributed by atoms with Gasteiger partial charge in [-0.2, -0.15) is 0 Å². The van der Waals surface area contributed by atoms with Crippen molar-refractivity contribution in [2.45, 2.75) is 26.8 Å². The quantitative estimate of drug-likeness (QED) is 0.846. The van der Waals surface area contributed by atoms with E-state index >= 15 is 0 Å². The normalized spacial score (nSPS) is 12.2. The standard InChI is InChI=1S/C14H17N3S2/c1-8-7-12(10(3)19-8)9(2)17-14-11(13(15)18)5-4-6-16-14/h4-7,9H,1-3H3,(H2,15,18)(H,16,17). The average molecular weight is 291 g/mol. The van der Waals surface area contributed by atoms with Gasteiger partial charge in [0.2, 0.25) is 0 Å². The lowest BCUT2D eigenvalue weighted by Crippen LogP contribution is -2.16. The first-order valence-electron chi connectivity index (χ1n) is 6.07. The van der Waals surface area contributed by atoms with Crippen molar-refractivity contribution >= 4 is 34.4 Å². The number of hydrogen-bond donors (Lipinski definition) is 2. The van der Waals surface area contributed by atoms with Gasteiger partial charge in [-0.1, -0.05) is 12.2 Å². The van der Waals surface area contributed by atoms with Crippen molar-refractivity contribution in [2.75, 3.05) is 5.32 Å². The third kappa shape index (κ3) is 3.11. The predicted octanol–water partition coefficient (Wildman–Crippen LogP) is 3.57. The molecule has 2 aromatic heterocycles. The highest BCUT2D eigenvalue weighted by molar-refractivity contribution is 7.80. The zero-order valence-corrected chi connectivity index (χ0v) is 12.9. The summed E-state index contributed by atoms with van der Waals surface area (Å²) in [5.74, 6) is 0.741. The monoisotopic (exact) mass is 291 g/mol. The third-order valence-corrected chi connectivity index (χ3v) is 4.17. The molecule has 0 aromatic carbocycles. The molecule has 100 valence electrons. The van der Waals surface area contributed by atoms with Gasteiger partial charge >= 0.3 is 0 Å². The van der Waals surface area contributed by atoms with Crippen LogP contribution in [0.15, 0.2) is 24.4 Å². The van der Waals surface area contributed by atoms with Crippen molar-refractivity contribution in [3.63, 3.8) is 0 Å². The highest BCUT2D eigenvalue weighted by atomic mass is 32.1. The lowest BCUT2D eigenvalue weighted by molar-refractivity contribution is 0.871. The molecular weight excluding hydrogens is 274 g/mol. The molecule has 1 unspecified atom stereocenters. The van der Waals surface area contributed by atoms with Crippen molar-refractivity contribution < 1.29 is 0 Å². The van der Waals surface area contributed by atoms with Gasteiger partial charge in [-0.25, -0.2) is 4.98 Å².